The van der Waals surface area contributed by atoms with Gasteiger partial charge in [-0.2, -0.15) is 0 Å². The van der Waals surface area contributed by atoms with E-state index in [1.807, 2.05) is 0 Å². The maximum Gasteiger partial charge on any atom is 0.307 e. The Morgan fingerprint density at radius 2 is 1.94 bits per heavy atom. The number of carbonyl (C=O) groups is 2. The van der Waals surface area contributed by atoms with Crippen molar-refractivity contribution >= 4 is 17.6 Å². The van der Waals surface area contributed by atoms with Crippen LogP contribution in [0.5, 0.6) is 0 Å². The SMILES string of the molecule is COC(=O)CCNC(=O)Cc1ccc(N)cc1. The van der Waals surface area contributed by atoms with Crippen LogP contribution in [0.3, 0.4) is 0 Å². The maximum absolute atomic E-state index is 11.5. The molecule has 0 fully saturated rings. The van der Waals surface area contributed by atoms with Gasteiger partial charge in [-0.3, -0.25) is 9.59 Å². The lowest BCUT2D eigenvalue weighted by Gasteiger charge is -2.04. The zero-order chi connectivity index (χ0) is 12.7. The van der Waals surface area contributed by atoms with E-state index in [1.54, 1.807) is 24.3 Å². The lowest BCUT2D eigenvalue weighted by Crippen LogP contribution is -2.27. The first kappa shape index (κ1) is 13.0. The summed E-state index contributed by atoms with van der Waals surface area (Å²) in [4.78, 5) is 22.3. The highest BCUT2D eigenvalue weighted by atomic mass is 16.5. The van der Waals surface area contributed by atoms with Gasteiger partial charge in [-0.15, -0.1) is 0 Å². The Morgan fingerprint density at radius 3 is 2.53 bits per heavy atom. The highest BCUT2D eigenvalue weighted by molar-refractivity contribution is 5.79. The number of nitrogens with two attached hydrogens (primary N) is 1. The van der Waals surface area contributed by atoms with E-state index in [9.17, 15) is 9.59 Å². The van der Waals surface area contributed by atoms with E-state index in [0.717, 1.165) is 5.56 Å². The predicted octanol–water partition coefficient (Wildman–Crippen LogP) is 0.491. The summed E-state index contributed by atoms with van der Waals surface area (Å²) in [5.41, 5.74) is 7.08. The number of rotatable bonds is 5. The van der Waals surface area contributed by atoms with Gasteiger partial charge in [0.2, 0.25) is 5.91 Å². The van der Waals surface area contributed by atoms with Gasteiger partial charge in [0.05, 0.1) is 20.0 Å². The third kappa shape index (κ3) is 5.01. The Kier molecular flexibility index (Phi) is 5.00. The number of benzene rings is 1. The zero-order valence-corrected chi connectivity index (χ0v) is 9.73. The van der Waals surface area contributed by atoms with Crippen LogP contribution in [0.25, 0.3) is 0 Å². The molecule has 0 saturated carbocycles. The number of esters is 1. The van der Waals surface area contributed by atoms with Crippen LogP contribution >= 0.6 is 0 Å². The normalized spacial score (nSPS) is 9.71. The maximum atomic E-state index is 11.5. The van der Waals surface area contributed by atoms with Crippen LogP contribution in [0.15, 0.2) is 24.3 Å². The molecule has 0 aliphatic heterocycles. The van der Waals surface area contributed by atoms with E-state index in [1.165, 1.54) is 7.11 Å². The van der Waals surface area contributed by atoms with E-state index >= 15 is 0 Å². The quantitative estimate of drug-likeness (QED) is 0.576. The molecule has 0 saturated heterocycles. The van der Waals surface area contributed by atoms with Gasteiger partial charge in [-0.25, -0.2) is 0 Å². The second-order valence-corrected chi connectivity index (χ2v) is 3.59. The molecule has 0 heterocycles. The molecule has 0 aromatic heterocycles. The second-order valence-electron chi connectivity index (χ2n) is 3.59. The van der Waals surface area contributed by atoms with Crippen LogP contribution in [0.4, 0.5) is 5.69 Å². The molecule has 17 heavy (non-hydrogen) atoms. The molecular formula is C12H16N2O3. The number of anilines is 1. The lowest BCUT2D eigenvalue weighted by molar-refractivity contribution is -0.140. The predicted molar refractivity (Wildman–Crippen MR) is 64.2 cm³/mol. The molecule has 0 spiro atoms. The Morgan fingerprint density at radius 1 is 1.29 bits per heavy atom. The average molecular weight is 236 g/mol. The van der Waals surface area contributed by atoms with Crippen molar-refractivity contribution in [2.75, 3.05) is 19.4 Å². The molecular weight excluding hydrogens is 220 g/mol. The van der Waals surface area contributed by atoms with Crippen molar-refractivity contribution in [3.8, 4) is 0 Å². The van der Waals surface area contributed by atoms with Crippen molar-refractivity contribution < 1.29 is 14.3 Å². The summed E-state index contributed by atoms with van der Waals surface area (Å²) in [5, 5.41) is 2.64. The molecule has 0 atom stereocenters. The van der Waals surface area contributed by atoms with Crippen LogP contribution in [-0.2, 0) is 20.7 Å². The van der Waals surface area contributed by atoms with Gasteiger partial charge in [-0.1, -0.05) is 12.1 Å². The van der Waals surface area contributed by atoms with E-state index < -0.39 is 0 Å². The van der Waals surface area contributed by atoms with Gasteiger partial charge in [0, 0.05) is 12.2 Å². The molecule has 1 aromatic carbocycles. The minimum Gasteiger partial charge on any atom is -0.469 e. The standard InChI is InChI=1S/C12H16N2O3/c1-17-12(16)6-7-14-11(15)8-9-2-4-10(13)5-3-9/h2-5H,6-8,13H2,1H3,(H,14,15). The van der Waals surface area contributed by atoms with Crippen molar-refractivity contribution in [2.24, 2.45) is 0 Å². The number of hydrogen-bond acceptors (Lipinski definition) is 4. The molecule has 3 N–H and O–H groups in total. The molecule has 5 heteroatoms. The number of ether oxygens (including phenoxy) is 1. The Balaban J connectivity index is 2.30. The number of nitrogen functional groups attached to an aromatic ring is 1. The van der Waals surface area contributed by atoms with Crippen LogP contribution < -0.4 is 11.1 Å². The average Bonchev–Trinajstić information content (AvgIpc) is 2.32. The number of methoxy groups -OCH3 is 1. The minimum atomic E-state index is -0.335. The van der Waals surface area contributed by atoms with Gasteiger partial charge in [0.1, 0.15) is 0 Å². The Bertz CT molecular complexity index is 387. The largest absolute Gasteiger partial charge is 0.469 e. The molecule has 0 radical (unpaired) electrons. The van der Waals surface area contributed by atoms with Gasteiger partial charge < -0.3 is 15.8 Å². The van der Waals surface area contributed by atoms with E-state index in [0.29, 0.717) is 12.2 Å². The molecule has 1 amide bonds. The van der Waals surface area contributed by atoms with Crippen LogP contribution in [0, 0.1) is 0 Å². The van der Waals surface area contributed by atoms with Gasteiger partial charge in [0.15, 0.2) is 0 Å². The molecule has 92 valence electrons. The van der Waals surface area contributed by atoms with Crippen molar-refractivity contribution in [3.05, 3.63) is 29.8 Å². The molecule has 5 nitrogen and oxygen atoms in total. The molecule has 1 rings (SSSR count). The molecule has 0 bridgehead atoms. The van der Waals surface area contributed by atoms with Crippen molar-refractivity contribution in [1.29, 1.82) is 0 Å². The zero-order valence-electron chi connectivity index (χ0n) is 9.73. The fraction of sp³-hybridized carbons (Fsp3) is 0.333. The van der Waals surface area contributed by atoms with E-state index in [2.05, 4.69) is 10.1 Å². The first-order valence-corrected chi connectivity index (χ1v) is 5.29. The molecule has 0 aliphatic carbocycles. The molecule has 1 aromatic rings. The summed E-state index contributed by atoms with van der Waals surface area (Å²) < 4.78 is 4.46. The number of amides is 1. The highest BCUT2D eigenvalue weighted by Gasteiger charge is 2.04. The lowest BCUT2D eigenvalue weighted by atomic mass is 10.1. The van der Waals surface area contributed by atoms with Crippen LogP contribution in [0.1, 0.15) is 12.0 Å². The number of nitrogens with one attached hydrogen (secondary N) is 1. The van der Waals surface area contributed by atoms with Crippen molar-refractivity contribution in [1.82, 2.24) is 5.32 Å². The minimum absolute atomic E-state index is 0.126. The van der Waals surface area contributed by atoms with Gasteiger partial charge in [0.25, 0.3) is 0 Å². The third-order valence-corrected chi connectivity index (χ3v) is 2.22. The number of hydrogen-bond donors (Lipinski definition) is 2. The second kappa shape index (κ2) is 6.52. The van der Waals surface area contributed by atoms with E-state index in [-0.39, 0.29) is 24.7 Å². The first-order valence-electron chi connectivity index (χ1n) is 5.29. The Labute approximate surface area is 99.9 Å². The fourth-order valence-electron chi connectivity index (χ4n) is 1.29. The summed E-state index contributed by atoms with van der Waals surface area (Å²) in [6.07, 6.45) is 0.464. The van der Waals surface area contributed by atoms with Gasteiger partial charge in [-0.05, 0) is 17.7 Å². The monoisotopic (exact) mass is 236 g/mol. The molecule has 0 unspecified atom stereocenters. The summed E-state index contributed by atoms with van der Waals surface area (Å²) in [6, 6.07) is 7.10. The smallest absolute Gasteiger partial charge is 0.307 e. The summed E-state index contributed by atoms with van der Waals surface area (Å²) in [7, 11) is 1.32. The van der Waals surface area contributed by atoms with Crippen LogP contribution in [-0.4, -0.2) is 25.5 Å². The Hall–Kier alpha value is -2.04. The van der Waals surface area contributed by atoms with Gasteiger partial charge >= 0.3 is 5.97 Å². The van der Waals surface area contributed by atoms with E-state index in [4.69, 9.17) is 5.73 Å². The molecule has 0 aliphatic rings. The van der Waals surface area contributed by atoms with Crippen LogP contribution in [0.2, 0.25) is 0 Å². The highest BCUT2D eigenvalue weighted by Crippen LogP contribution is 2.05. The summed E-state index contributed by atoms with van der Waals surface area (Å²) in [5.74, 6) is -0.462. The number of carbonyl (C=O) groups excluding carboxylic acids is 2. The van der Waals surface area contributed by atoms with Crippen molar-refractivity contribution in [2.45, 2.75) is 12.8 Å². The summed E-state index contributed by atoms with van der Waals surface area (Å²) in [6.45, 7) is 0.292. The van der Waals surface area contributed by atoms with Crippen molar-refractivity contribution in [3.63, 3.8) is 0 Å². The summed E-state index contributed by atoms with van der Waals surface area (Å²) >= 11 is 0. The third-order valence-electron chi connectivity index (χ3n) is 2.22. The first-order chi connectivity index (χ1) is 8.11. The fourth-order valence-corrected chi connectivity index (χ4v) is 1.29. The topological polar surface area (TPSA) is 81.4 Å².